The molecule has 1 aromatic carbocycles. The molecule has 0 aliphatic carbocycles. The minimum atomic E-state index is -0.223. The van der Waals surface area contributed by atoms with Crippen LogP contribution in [-0.2, 0) is 9.31 Å². The van der Waals surface area contributed by atoms with Crippen molar-refractivity contribution in [2.45, 2.75) is 13.3 Å². The SMILES string of the molecule is CCOc1cccc(B2OCCCO2)c1. The first-order valence-corrected chi connectivity index (χ1v) is 5.36. The summed E-state index contributed by atoms with van der Waals surface area (Å²) in [5.41, 5.74) is 1.03. The van der Waals surface area contributed by atoms with E-state index in [1.807, 2.05) is 31.2 Å². The summed E-state index contributed by atoms with van der Waals surface area (Å²) in [4.78, 5) is 0. The van der Waals surface area contributed by atoms with Crippen molar-refractivity contribution in [1.29, 1.82) is 0 Å². The van der Waals surface area contributed by atoms with Crippen molar-refractivity contribution in [3.8, 4) is 5.75 Å². The molecule has 0 unspecified atom stereocenters. The van der Waals surface area contributed by atoms with E-state index in [0.717, 1.165) is 30.8 Å². The number of hydrogen-bond donors (Lipinski definition) is 0. The minimum absolute atomic E-state index is 0.223. The maximum Gasteiger partial charge on any atom is 0.493 e. The Bertz CT molecular complexity index is 310. The van der Waals surface area contributed by atoms with Crippen LogP contribution in [0.5, 0.6) is 5.75 Å². The normalized spacial score (nSPS) is 16.5. The van der Waals surface area contributed by atoms with Crippen LogP contribution in [0.2, 0.25) is 0 Å². The van der Waals surface area contributed by atoms with Gasteiger partial charge in [0.05, 0.1) is 6.61 Å². The second kappa shape index (κ2) is 5.19. The van der Waals surface area contributed by atoms with Crippen LogP contribution in [0, 0.1) is 0 Å². The molecule has 3 nitrogen and oxygen atoms in total. The molecule has 0 N–H and O–H groups in total. The predicted octanol–water partition coefficient (Wildman–Crippen LogP) is 1.22. The van der Waals surface area contributed by atoms with Gasteiger partial charge in [-0.2, -0.15) is 0 Å². The third-order valence-electron chi connectivity index (χ3n) is 2.27. The van der Waals surface area contributed by atoms with Crippen LogP contribution in [0.4, 0.5) is 0 Å². The highest BCUT2D eigenvalue weighted by Gasteiger charge is 2.24. The van der Waals surface area contributed by atoms with E-state index < -0.39 is 0 Å². The summed E-state index contributed by atoms with van der Waals surface area (Å²) in [5.74, 6) is 0.868. The zero-order valence-electron chi connectivity index (χ0n) is 8.94. The van der Waals surface area contributed by atoms with Crippen molar-refractivity contribution in [2.24, 2.45) is 0 Å². The first-order chi connectivity index (χ1) is 7.40. The Kier molecular flexibility index (Phi) is 3.64. The van der Waals surface area contributed by atoms with Crippen LogP contribution < -0.4 is 10.2 Å². The quantitative estimate of drug-likeness (QED) is 0.696. The molecule has 0 saturated carbocycles. The van der Waals surface area contributed by atoms with Gasteiger partial charge in [-0.1, -0.05) is 12.1 Å². The predicted molar refractivity (Wildman–Crippen MR) is 59.5 cm³/mol. The fourth-order valence-corrected chi connectivity index (χ4v) is 1.60. The van der Waals surface area contributed by atoms with Crippen LogP contribution in [0.15, 0.2) is 24.3 Å². The number of hydrogen-bond acceptors (Lipinski definition) is 3. The van der Waals surface area contributed by atoms with E-state index >= 15 is 0 Å². The molecule has 0 spiro atoms. The van der Waals surface area contributed by atoms with Gasteiger partial charge >= 0.3 is 7.12 Å². The lowest BCUT2D eigenvalue weighted by Gasteiger charge is -2.20. The van der Waals surface area contributed by atoms with Crippen molar-refractivity contribution < 1.29 is 14.0 Å². The van der Waals surface area contributed by atoms with Gasteiger partial charge in [-0.05, 0) is 30.9 Å². The Morgan fingerprint density at radius 1 is 1.33 bits per heavy atom. The lowest BCUT2D eigenvalue weighted by molar-refractivity contribution is 0.143. The minimum Gasteiger partial charge on any atom is -0.494 e. The zero-order chi connectivity index (χ0) is 10.5. The second-order valence-corrected chi connectivity index (χ2v) is 3.43. The Hall–Kier alpha value is -0.995. The van der Waals surface area contributed by atoms with Crippen LogP contribution in [0.3, 0.4) is 0 Å². The lowest BCUT2D eigenvalue weighted by Crippen LogP contribution is -2.40. The molecule has 1 aliphatic rings. The molecular weight excluding hydrogens is 191 g/mol. The van der Waals surface area contributed by atoms with E-state index in [9.17, 15) is 0 Å². The molecule has 1 fully saturated rings. The average molecular weight is 206 g/mol. The highest BCUT2D eigenvalue weighted by Crippen LogP contribution is 2.09. The molecule has 1 aliphatic heterocycles. The van der Waals surface area contributed by atoms with E-state index in [0.29, 0.717) is 6.61 Å². The summed E-state index contributed by atoms with van der Waals surface area (Å²) in [5, 5.41) is 0. The Labute approximate surface area is 90.5 Å². The fraction of sp³-hybridized carbons (Fsp3) is 0.455. The van der Waals surface area contributed by atoms with Gasteiger partial charge < -0.3 is 14.0 Å². The molecule has 2 rings (SSSR count). The molecule has 0 aromatic heterocycles. The van der Waals surface area contributed by atoms with Crippen molar-refractivity contribution in [1.82, 2.24) is 0 Å². The summed E-state index contributed by atoms with van der Waals surface area (Å²) >= 11 is 0. The van der Waals surface area contributed by atoms with Gasteiger partial charge in [0, 0.05) is 13.2 Å². The highest BCUT2D eigenvalue weighted by atomic mass is 16.6. The fourth-order valence-electron chi connectivity index (χ4n) is 1.60. The third-order valence-corrected chi connectivity index (χ3v) is 2.27. The molecule has 1 heterocycles. The third kappa shape index (κ3) is 2.73. The van der Waals surface area contributed by atoms with Gasteiger partial charge in [0.15, 0.2) is 0 Å². The summed E-state index contributed by atoms with van der Waals surface area (Å²) in [6.07, 6.45) is 0.974. The first kappa shape index (κ1) is 10.5. The summed E-state index contributed by atoms with van der Waals surface area (Å²) in [6, 6.07) is 7.87. The Morgan fingerprint density at radius 2 is 2.13 bits per heavy atom. The van der Waals surface area contributed by atoms with Crippen LogP contribution in [-0.4, -0.2) is 26.9 Å². The van der Waals surface area contributed by atoms with E-state index in [1.54, 1.807) is 0 Å². The Balaban J connectivity index is 2.09. The van der Waals surface area contributed by atoms with Crippen LogP contribution in [0.25, 0.3) is 0 Å². The largest absolute Gasteiger partial charge is 0.494 e. The van der Waals surface area contributed by atoms with Crippen LogP contribution >= 0.6 is 0 Å². The van der Waals surface area contributed by atoms with E-state index in [-0.39, 0.29) is 7.12 Å². The molecule has 1 saturated heterocycles. The molecular formula is C11H15BO3. The molecule has 1 aromatic rings. The maximum absolute atomic E-state index is 5.52. The van der Waals surface area contributed by atoms with Crippen molar-refractivity contribution >= 4 is 12.6 Å². The summed E-state index contributed by atoms with van der Waals surface area (Å²) < 4.78 is 16.5. The highest BCUT2D eigenvalue weighted by molar-refractivity contribution is 6.61. The standard InChI is InChI=1S/C11H15BO3/c1-2-13-11-6-3-5-10(9-11)12-14-7-4-8-15-12/h3,5-6,9H,2,4,7-8H2,1H3. The van der Waals surface area contributed by atoms with Crippen molar-refractivity contribution in [2.75, 3.05) is 19.8 Å². The summed E-state index contributed by atoms with van der Waals surface area (Å²) in [6.45, 7) is 4.18. The smallest absolute Gasteiger partial charge is 0.493 e. The topological polar surface area (TPSA) is 27.7 Å². The molecule has 15 heavy (non-hydrogen) atoms. The molecule has 0 amide bonds. The number of rotatable bonds is 3. The molecule has 4 heteroatoms. The molecule has 0 atom stereocenters. The molecule has 0 bridgehead atoms. The summed E-state index contributed by atoms with van der Waals surface area (Å²) in [7, 11) is -0.223. The average Bonchev–Trinajstić information content (AvgIpc) is 2.31. The van der Waals surface area contributed by atoms with Crippen molar-refractivity contribution in [3.63, 3.8) is 0 Å². The lowest BCUT2D eigenvalue weighted by atomic mass is 9.78. The van der Waals surface area contributed by atoms with Gasteiger partial charge in [0.25, 0.3) is 0 Å². The molecule has 0 radical (unpaired) electrons. The van der Waals surface area contributed by atoms with Crippen LogP contribution in [0.1, 0.15) is 13.3 Å². The number of benzene rings is 1. The number of ether oxygens (including phenoxy) is 1. The van der Waals surface area contributed by atoms with E-state index in [1.165, 1.54) is 0 Å². The van der Waals surface area contributed by atoms with Gasteiger partial charge in [0.1, 0.15) is 5.75 Å². The van der Waals surface area contributed by atoms with Gasteiger partial charge in [-0.15, -0.1) is 0 Å². The Morgan fingerprint density at radius 3 is 2.87 bits per heavy atom. The van der Waals surface area contributed by atoms with Gasteiger partial charge in [-0.25, -0.2) is 0 Å². The van der Waals surface area contributed by atoms with E-state index in [4.69, 9.17) is 14.0 Å². The maximum atomic E-state index is 5.52. The van der Waals surface area contributed by atoms with Gasteiger partial charge in [0.2, 0.25) is 0 Å². The van der Waals surface area contributed by atoms with E-state index in [2.05, 4.69) is 0 Å². The molecule has 80 valence electrons. The second-order valence-electron chi connectivity index (χ2n) is 3.43. The monoisotopic (exact) mass is 206 g/mol. The van der Waals surface area contributed by atoms with Gasteiger partial charge in [-0.3, -0.25) is 0 Å². The first-order valence-electron chi connectivity index (χ1n) is 5.36. The zero-order valence-corrected chi connectivity index (χ0v) is 8.94. The van der Waals surface area contributed by atoms with Crippen molar-refractivity contribution in [3.05, 3.63) is 24.3 Å².